The van der Waals surface area contributed by atoms with Gasteiger partial charge in [0.25, 0.3) is 0 Å². The number of rotatable bonds is 5. The van der Waals surface area contributed by atoms with Crippen molar-refractivity contribution in [1.29, 1.82) is 0 Å². The van der Waals surface area contributed by atoms with E-state index in [1.807, 2.05) is 6.07 Å². The molecule has 1 N–H and O–H groups in total. The van der Waals surface area contributed by atoms with E-state index in [2.05, 4.69) is 25.1 Å². The van der Waals surface area contributed by atoms with Crippen LogP contribution in [0.25, 0.3) is 0 Å². The number of amides is 2. The Morgan fingerprint density at radius 1 is 1.28 bits per heavy atom. The van der Waals surface area contributed by atoms with Gasteiger partial charge in [0, 0.05) is 56.6 Å². The summed E-state index contributed by atoms with van der Waals surface area (Å²) in [6.07, 6.45) is 8.93. The van der Waals surface area contributed by atoms with Gasteiger partial charge >= 0.3 is 6.03 Å². The fourth-order valence-corrected chi connectivity index (χ4v) is 3.78. The minimum atomic E-state index is 0.0928. The van der Waals surface area contributed by atoms with E-state index in [0.29, 0.717) is 12.0 Å². The van der Waals surface area contributed by atoms with Crippen molar-refractivity contribution in [3.63, 3.8) is 0 Å². The molecule has 0 aromatic carbocycles. The van der Waals surface area contributed by atoms with Crippen molar-refractivity contribution in [2.75, 3.05) is 37.7 Å². The van der Waals surface area contributed by atoms with Crippen molar-refractivity contribution in [3.05, 3.63) is 18.5 Å². The van der Waals surface area contributed by atoms with E-state index in [9.17, 15) is 4.79 Å². The number of urea groups is 1. The first kappa shape index (κ1) is 16.6. The fourth-order valence-electron chi connectivity index (χ4n) is 3.78. The van der Waals surface area contributed by atoms with Crippen LogP contribution >= 0.6 is 0 Å². The lowest BCUT2D eigenvalue weighted by Gasteiger charge is -2.35. The summed E-state index contributed by atoms with van der Waals surface area (Å²) in [6, 6.07) is 2.51. The van der Waals surface area contributed by atoms with Crippen LogP contribution in [0.1, 0.15) is 32.1 Å². The molecule has 2 aliphatic heterocycles. The van der Waals surface area contributed by atoms with Crippen LogP contribution < -0.4 is 10.2 Å². The van der Waals surface area contributed by atoms with E-state index >= 15 is 0 Å². The molecule has 7 nitrogen and oxygen atoms in total. The van der Waals surface area contributed by atoms with Gasteiger partial charge in [-0.3, -0.25) is 0 Å². The second kappa shape index (κ2) is 7.56. The summed E-state index contributed by atoms with van der Waals surface area (Å²) in [5.74, 6) is 1.25. The van der Waals surface area contributed by atoms with Gasteiger partial charge < -0.3 is 19.9 Å². The molecule has 0 bridgehead atoms. The summed E-state index contributed by atoms with van der Waals surface area (Å²) in [5.41, 5.74) is 0. The Morgan fingerprint density at radius 2 is 2.12 bits per heavy atom. The molecule has 1 aromatic rings. The lowest BCUT2D eigenvalue weighted by Crippen LogP contribution is -2.53. The molecule has 2 saturated heterocycles. The van der Waals surface area contributed by atoms with E-state index in [0.717, 1.165) is 70.9 Å². The summed E-state index contributed by atoms with van der Waals surface area (Å²) >= 11 is 0. The average molecular weight is 345 g/mol. The average Bonchev–Trinajstić information content (AvgIpc) is 3.36. The molecule has 1 saturated carbocycles. The van der Waals surface area contributed by atoms with Crippen LogP contribution in [0.3, 0.4) is 0 Å². The zero-order valence-electron chi connectivity index (χ0n) is 14.6. The number of hydrogen-bond acceptors (Lipinski definition) is 5. The monoisotopic (exact) mass is 345 g/mol. The van der Waals surface area contributed by atoms with Crippen LogP contribution in [-0.4, -0.2) is 65.8 Å². The SMILES string of the molecule is O=C(N[C@H]1CCCN(c2ncccn2)C1)N(C[C@@H]1CCOC1)C1CC1. The molecule has 1 aliphatic carbocycles. The number of aromatic nitrogens is 2. The maximum atomic E-state index is 12.8. The number of ether oxygens (including phenoxy) is 1. The molecule has 2 amide bonds. The summed E-state index contributed by atoms with van der Waals surface area (Å²) in [5, 5.41) is 3.26. The highest BCUT2D eigenvalue weighted by molar-refractivity contribution is 5.75. The van der Waals surface area contributed by atoms with Gasteiger partial charge in [-0.1, -0.05) is 0 Å². The second-order valence-electron chi connectivity index (χ2n) is 7.40. The predicted molar refractivity (Wildman–Crippen MR) is 94.5 cm³/mol. The minimum Gasteiger partial charge on any atom is -0.381 e. The molecule has 0 radical (unpaired) electrons. The first-order chi connectivity index (χ1) is 12.3. The lowest BCUT2D eigenvalue weighted by molar-refractivity contribution is 0.159. The lowest BCUT2D eigenvalue weighted by atomic mass is 10.1. The molecule has 136 valence electrons. The quantitative estimate of drug-likeness (QED) is 0.879. The summed E-state index contributed by atoms with van der Waals surface area (Å²) < 4.78 is 5.47. The van der Waals surface area contributed by atoms with Crippen molar-refractivity contribution >= 4 is 12.0 Å². The first-order valence-corrected chi connectivity index (χ1v) is 9.46. The molecule has 3 aliphatic rings. The molecule has 2 atom stereocenters. The fraction of sp³-hybridized carbons (Fsp3) is 0.722. The third-order valence-corrected chi connectivity index (χ3v) is 5.31. The molecular formula is C18H27N5O2. The van der Waals surface area contributed by atoms with Gasteiger partial charge in [-0.05, 0) is 38.2 Å². The Morgan fingerprint density at radius 3 is 2.84 bits per heavy atom. The van der Waals surface area contributed by atoms with Crippen LogP contribution in [0.5, 0.6) is 0 Å². The first-order valence-electron chi connectivity index (χ1n) is 9.46. The Labute approximate surface area is 148 Å². The maximum Gasteiger partial charge on any atom is 0.317 e. The molecular weight excluding hydrogens is 318 g/mol. The second-order valence-corrected chi connectivity index (χ2v) is 7.40. The van der Waals surface area contributed by atoms with Gasteiger partial charge in [-0.25, -0.2) is 14.8 Å². The number of hydrogen-bond donors (Lipinski definition) is 1. The Kier molecular flexibility index (Phi) is 5.01. The zero-order chi connectivity index (χ0) is 17.1. The number of anilines is 1. The molecule has 0 unspecified atom stereocenters. The molecule has 25 heavy (non-hydrogen) atoms. The molecule has 1 aromatic heterocycles. The molecule has 3 fully saturated rings. The minimum absolute atomic E-state index is 0.0928. The van der Waals surface area contributed by atoms with Crippen LogP contribution in [0.4, 0.5) is 10.7 Å². The summed E-state index contributed by atoms with van der Waals surface area (Å²) in [7, 11) is 0. The predicted octanol–water partition coefficient (Wildman–Crippen LogP) is 1.66. The highest BCUT2D eigenvalue weighted by Crippen LogP contribution is 2.29. The highest BCUT2D eigenvalue weighted by atomic mass is 16.5. The van der Waals surface area contributed by atoms with Crippen molar-refractivity contribution < 1.29 is 9.53 Å². The third-order valence-electron chi connectivity index (χ3n) is 5.31. The van der Waals surface area contributed by atoms with E-state index in [4.69, 9.17) is 4.74 Å². The number of nitrogens with zero attached hydrogens (tertiary/aromatic N) is 4. The Balaban J connectivity index is 1.34. The smallest absolute Gasteiger partial charge is 0.317 e. The van der Waals surface area contributed by atoms with Gasteiger partial charge in [-0.2, -0.15) is 0 Å². The number of piperidine rings is 1. The molecule has 7 heteroatoms. The topological polar surface area (TPSA) is 70.6 Å². The van der Waals surface area contributed by atoms with E-state index in [1.165, 1.54) is 0 Å². The Bertz CT molecular complexity index is 574. The van der Waals surface area contributed by atoms with Crippen LogP contribution in [-0.2, 0) is 4.74 Å². The Hall–Kier alpha value is -1.89. The van der Waals surface area contributed by atoms with Crippen molar-refractivity contribution in [2.24, 2.45) is 5.92 Å². The van der Waals surface area contributed by atoms with Gasteiger partial charge in [-0.15, -0.1) is 0 Å². The number of carbonyl (C=O) groups is 1. The van der Waals surface area contributed by atoms with Crippen LogP contribution in [0, 0.1) is 5.92 Å². The van der Waals surface area contributed by atoms with E-state index in [-0.39, 0.29) is 12.1 Å². The van der Waals surface area contributed by atoms with Crippen LogP contribution in [0.2, 0.25) is 0 Å². The number of carbonyl (C=O) groups excluding carboxylic acids is 1. The zero-order valence-corrected chi connectivity index (χ0v) is 14.6. The van der Waals surface area contributed by atoms with Crippen LogP contribution in [0.15, 0.2) is 18.5 Å². The van der Waals surface area contributed by atoms with Gasteiger partial charge in [0.2, 0.25) is 5.95 Å². The molecule has 0 spiro atoms. The van der Waals surface area contributed by atoms with Gasteiger partial charge in [0.05, 0.1) is 6.61 Å². The van der Waals surface area contributed by atoms with Crippen molar-refractivity contribution in [2.45, 2.75) is 44.2 Å². The largest absolute Gasteiger partial charge is 0.381 e. The summed E-state index contributed by atoms with van der Waals surface area (Å²) in [4.78, 5) is 25.7. The van der Waals surface area contributed by atoms with E-state index in [1.54, 1.807) is 12.4 Å². The van der Waals surface area contributed by atoms with Gasteiger partial charge in [0.1, 0.15) is 0 Å². The molecule has 3 heterocycles. The summed E-state index contributed by atoms with van der Waals surface area (Å²) in [6.45, 7) is 4.18. The third kappa shape index (κ3) is 4.21. The van der Waals surface area contributed by atoms with Crippen molar-refractivity contribution in [3.8, 4) is 0 Å². The highest BCUT2D eigenvalue weighted by Gasteiger charge is 2.36. The van der Waals surface area contributed by atoms with Gasteiger partial charge in [0.15, 0.2) is 0 Å². The molecule has 4 rings (SSSR count). The number of nitrogens with one attached hydrogen (secondary N) is 1. The standard InChI is InChI=1S/C18H27N5O2/c24-18(23(16-4-5-16)11-14-6-10-25-13-14)21-15-3-1-9-22(12-15)17-19-7-2-8-20-17/h2,7-8,14-16H,1,3-6,9-13H2,(H,21,24)/t14-,15-/m0/s1. The van der Waals surface area contributed by atoms with Crippen molar-refractivity contribution in [1.82, 2.24) is 20.2 Å². The maximum absolute atomic E-state index is 12.8. The van der Waals surface area contributed by atoms with E-state index < -0.39 is 0 Å². The normalized spacial score (nSPS) is 26.5.